The van der Waals surface area contributed by atoms with Crippen molar-refractivity contribution in [2.75, 3.05) is 0 Å². The molecule has 22 heavy (non-hydrogen) atoms. The summed E-state index contributed by atoms with van der Waals surface area (Å²) in [5.41, 5.74) is -0.842. The zero-order chi connectivity index (χ0) is 16.9. The number of nitrogens with one attached hydrogen (secondary N) is 1. The van der Waals surface area contributed by atoms with E-state index < -0.39 is 35.0 Å². The average Bonchev–Trinajstić information content (AvgIpc) is 2.38. The van der Waals surface area contributed by atoms with Gasteiger partial charge < -0.3 is 15.5 Å². The van der Waals surface area contributed by atoms with Gasteiger partial charge in [-0.05, 0) is 38.0 Å². The Balaban J connectivity index is 2.56. The summed E-state index contributed by atoms with van der Waals surface area (Å²) in [6, 6.07) is 3.23. The third kappa shape index (κ3) is 6.17. The standard InChI is InChI=1S/C15H19F2NO4/c1-15(2,22)7-10(14(20)21)6-13(19)18-8-9-3-4-11(16)12(17)5-9/h3-5,10,22H,6-8H2,1-2H3,(H,18,19)(H,20,21). The van der Waals surface area contributed by atoms with Gasteiger partial charge in [-0.2, -0.15) is 0 Å². The van der Waals surface area contributed by atoms with E-state index in [2.05, 4.69) is 5.32 Å². The zero-order valence-electron chi connectivity index (χ0n) is 12.4. The van der Waals surface area contributed by atoms with Gasteiger partial charge in [0.1, 0.15) is 0 Å². The van der Waals surface area contributed by atoms with E-state index in [9.17, 15) is 23.5 Å². The lowest BCUT2D eigenvalue weighted by molar-refractivity contribution is -0.146. The number of carboxylic acid groups (broad SMARTS) is 1. The molecule has 0 bridgehead atoms. The Morgan fingerprint density at radius 3 is 2.41 bits per heavy atom. The highest BCUT2D eigenvalue weighted by Crippen LogP contribution is 2.19. The van der Waals surface area contributed by atoms with Crippen molar-refractivity contribution < 1.29 is 28.6 Å². The van der Waals surface area contributed by atoms with Crippen LogP contribution in [0.25, 0.3) is 0 Å². The van der Waals surface area contributed by atoms with Crippen LogP contribution in [-0.2, 0) is 16.1 Å². The van der Waals surface area contributed by atoms with E-state index >= 15 is 0 Å². The molecule has 1 atom stereocenters. The summed E-state index contributed by atoms with van der Waals surface area (Å²) >= 11 is 0. The highest BCUT2D eigenvalue weighted by molar-refractivity contribution is 5.82. The summed E-state index contributed by atoms with van der Waals surface area (Å²) in [6.07, 6.45) is -0.371. The van der Waals surface area contributed by atoms with E-state index in [4.69, 9.17) is 5.11 Å². The van der Waals surface area contributed by atoms with Gasteiger partial charge in [0.25, 0.3) is 0 Å². The smallest absolute Gasteiger partial charge is 0.307 e. The molecule has 0 heterocycles. The summed E-state index contributed by atoms with van der Waals surface area (Å²) < 4.78 is 25.8. The van der Waals surface area contributed by atoms with Crippen molar-refractivity contribution in [3.63, 3.8) is 0 Å². The summed E-state index contributed by atoms with van der Waals surface area (Å²) in [5, 5.41) is 21.1. The van der Waals surface area contributed by atoms with Crippen LogP contribution in [0.15, 0.2) is 18.2 Å². The zero-order valence-corrected chi connectivity index (χ0v) is 12.4. The molecule has 0 aliphatic carbocycles. The number of carbonyl (C=O) groups is 2. The molecule has 0 fully saturated rings. The van der Waals surface area contributed by atoms with Gasteiger partial charge in [0.2, 0.25) is 5.91 Å². The van der Waals surface area contributed by atoms with Crippen LogP contribution in [0.3, 0.4) is 0 Å². The number of amides is 1. The van der Waals surface area contributed by atoms with E-state index in [1.807, 2.05) is 0 Å². The fourth-order valence-corrected chi connectivity index (χ4v) is 2.00. The van der Waals surface area contributed by atoms with Crippen molar-refractivity contribution in [2.24, 2.45) is 5.92 Å². The van der Waals surface area contributed by atoms with Crippen molar-refractivity contribution >= 4 is 11.9 Å². The Morgan fingerprint density at radius 2 is 1.91 bits per heavy atom. The number of carboxylic acids is 1. The van der Waals surface area contributed by atoms with E-state index in [0.29, 0.717) is 5.56 Å². The van der Waals surface area contributed by atoms with Crippen LogP contribution in [0.1, 0.15) is 32.3 Å². The lowest BCUT2D eigenvalue weighted by Gasteiger charge is -2.21. The average molecular weight is 315 g/mol. The number of rotatable bonds is 7. The topological polar surface area (TPSA) is 86.6 Å². The van der Waals surface area contributed by atoms with E-state index in [-0.39, 0.29) is 19.4 Å². The second-order valence-corrected chi connectivity index (χ2v) is 5.78. The number of carbonyl (C=O) groups excluding carboxylic acids is 1. The van der Waals surface area contributed by atoms with Gasteiger partial charge in [0, 0.05) is 13.0 Å². The number of hydrogen-bond donors (Lipinski definition) is 3. The van der Waals surface area contributed by atoms with E-state index in [1.54, 1.807) is 0 Å². The Labute approximate surface area is 127 Å². The molecule has 1 aromatic rings. The number of hydrogen-bond acceptors (Lipinski definition) is 3. The molecule has 0 spiro atoms. The molecule has 0 saturated carbocycles. The van der Waals surface area contributed by atoms with Gasteiger partial charge in [0.15, 0.2) is 11.6 Å². The Morgan fingerprint density at radius 1 is 1.27 bits per heavy atom. The van der Waals surface area contributed by atoms with Gasteiger partial charge in [0.05, 0.1) is 11.5 Å². The quantitative estimate of drug-likeness (QED) is 0.716. The number of halogens is 2. The minimum atomic E-state index is -1.20. The van der Waals surface area contributed by atoms with Crippen LogP contribution in [0.4, 0.5) is 8.78 Å². The van der Waals surface area contributed by atoms with Crippen molar-refractivity contribution in [1.29, 1.82) is 0 Å². The molecule has 1 aromatic carbocycles. The van der Waals surface area contributed by atoms with Crippen molar-refractivity contribution in [2.45, 2.75) is 38.8 Å². The number of benzene rings is 1. The first-order valence-electron chi connectivity index (χ1n) is 6.74. The third-order valence-electron chi connectivity index (χ3n) is 3.00. The second kappa shape index (κ2) is 7.31. The number of aliphatic hydroxyl groups is 1. The first-order chi connectivity index (χ1) is 10.1. The fraction of sp³-hybridized carbons (Fsp3) is 0.467. The maximum absolute atomic E-state index is 13.0. The van der Waals surface area contributed by atoms with Crippen LogP contribution < -0.4 is 5.32 Å². The Hall–Kier alpha value is -2.02. The van der Waals surface area contributed by atoms with Gasteiger partial charge in [-0.15, -0.1) is 0 Å². The normalized spacial score (nSPS) is 12.8. The predicted molar refractivity (Wildman–Crippen MR) is 74.9 cm³/mol. The minimum Gasteiger partial charge on any atom is -0.481 e. The Kier molecular flexibility index (Phi) is 5.99. The lowest BCUT2D eigenvalue weighted by atomic mass is 9.91. The van der Waals surface area contributed by atoms with E-state index in [1.165, 1.54) is 19.9 Å². The molecule has 5 nitrogen and oxygen atoms in total. The molecule has 0 aliphatic heterocycles. The maximum Gasteiger partial charge on any atom is 0.307 e. The van der Waals surface area contributed by atoms with Crippen LogP contribution in [0, 0.1) is 17.6 Å². The van der Waals surface area contributed by atoms with Gasteiger partial charge in [-0.25, -0.2) is 8.78 Å². The Bertz CT molecular complexity index is 555. The molecular formula is C15H19F2NO4. The second-order valence-electron chi connectivity index (χ2n) is 5.78. The minimum absolute atomic E-state index is 0.0368. The maximum atomic E-state index is 13.0. The van der Waals surface area contributed by atoms with Crippen molar-refractivity contribution in [3.05, 3.63) is 35.4 Å². The molecule has 7 heteroatoms. The van der Waals surface area contributed by atoms with Crippen LogP contribution >= 0.6 is 0 Å². The first-order valence-corrected chi connectivity index (χ1v) is 6.74. The molecule has 0 saturated heterocycles. The molecule has 0 aliphatic rings. The van der Waals surface area contributed by atoms with Gasteiger partial charge in [-0.1, -0.05) is 6.07 Å². The fourth-order valence-electron chi connectivity index (χ4n) is 2.00. The van der Waals surface area contributed by atoms with Crippen molar-refractivity contribution in [3.8, 4) is 0 Å². The van der Waals surface area contributed by atoms with Crippen molar-refractivity contribution in [1.82, 2.24) is 5.32 Å². The van der Waals surface area contributed by atoms with E-state index in [0.717, 1.165) is 12.1 Å². The summed E-state index contributed by atoms with van der Waals surface area (Å²) in [4.78, 5) is 22.8. The molecule has 1 unspecified atom stereocenters. The van der Waals surface area contributed by atoms with Crippen LogP contribution in [0.5, 0.6) is 0 Å². The highest BCUT2D eigenvalue weighted by atomic mass is 19.2. The predicted octanol–water partition coefficient (Wildman–Crippen LogP) is 1.83. The molecule has 3 N–H and O–H groups in total. The van der Waals surface area contributed by atoms with Crippen LogP contribution in [-0.4, -0.2) is 27.7 Å². The molecule has 122 valence electrons. The number of aliphatic carboxylic acids is 1. The third-order valence-corrected chi connectivity index (χ3v) is 3.00. The largest absolute Gasteiger partial charge is 0.481 e. The monoisotopic (exact) mass is 315 g/mol. The summed E-state index contributed by atoms with van der Waals surface area (Å²) in [6.45, 7) is 2.88. The molecule has 0 radical (unpaired) electrons. The highest BCUT2D eigenvalue weighted by Gasteiger charge is 2.28. The molecule has 0 aromatic heterocycles. The molecule has 1 amide bonds. The molecule has 1 rings (SSSR count). The SMILES string of the molecule is CC(C)(O)CC(CC(=O)NCc1ccc(F)c(F)c1)C(=O)O. The van der Waals surface area contributed by atoms with Gasteiger partial charge >= 0.3 is 5.97 Å². The molecular weight excluding hydrogens is 296 g/mol. The van der Waals surface area contributed by atoms with Gasteiger partial charge in [-0.3, -0.25) is 9.59 Å². The van der Waals surface area contributed by atoms with Crippen LogP contribution in [0.2, 0.25) is 0 Å². The summed E-state index contributed by atoms with van der Waals surface area (Å²) in [5.74, 6) is -4.74. The first kappa shape index (κ1) is 18.0. The lowest BCUT2D eigenvalue weighted by Crippen LogP contribution is -2.32. The summed E-state index contributed by atoms with van der Waals surface area (Å²) in [7, 11) is 0.